The van der Waals surface area contributed by atoms with Crippen molar-refractivity contribution in [3.05, 3.63) is 41.9 Å². The number of pyridine rings is 1. The van der Waals surface area contributed by atoms with Crippen molar-refractivity contribution >= 4 is 11.8 Å². The van der Waals surface area contributed by atoms with Crippen LogP contribution >= 0.6 is 0 Å². The summed E-state index contributed by atoms with van der Waals surface area (Å²) in [5.41, 5.74) is 0.920. The number of hydrogen-bond acceptors (Lipinski definition) is 4. The van der Waals surface area contributed by atoms with Gasteiger partial charge in [0.25, 0.3) is 0 Å². The van der Waals surface area contributed by atoms with Gasteiger partial charge in [-0.25, -0.2) is 4.79 Å². The van der Waals surface area contributed by atoms with E-state index in [2.05, 4.69) is 22.4 Å². The molecule has 0 fully saturated rings. The molecule has 2 heterocycles. The predicted octanol–water partition coefficient (Wildman–Crippen LogP) is 4.37. The van der Waals surface area contributed by atoms with Crippen LogP contribution in [-0.4, -0.2) is 27.6 Å². The minimum Gasteiger partial charge on any atom is -0.359 e. The summed E-state index contributed by atoms with van der Waals surface area (Å²) in [7, 11) is 0. The molecule has 6 nitrogen and oxygen atoms in total. The van der Waals surface area contributed by atoms with Gasteiger partial charge in [-0.3, -0.25) is 10.3 Å². The Bertz CT molecular complexity index is 661. The monoisotopic (exact) mass is 330 g/mol. The Morgan fingerprint density at radius 2 is 1.96 bits per heavy atom. The number of nitrogens with zero attached hydrogens (tertiary/aromatic N) is 3. The third-order valence-electron chi connectivity index (χ3n) is 3.94. The van der Waals surface area contributed by atoms with Gasteiger partial charge in [-0.2, -0.15) is 0 Å². The Labute approximate surface area is 143 Å². The average molecular weight is 330 g/mol. The Morgan fingerprint density at radius 1 is 1.29 bits per heavy atom. The maximum atomic E-state index is 12.7. The zero-order valence-electron chi connectivity index (χ0n) is 15.0. The second-order valence-electron chi connectivity index (χ2n) is 6.75. The number of hydrogen-bond donors (Lipinski definition) is 1. The van der Waals surface area contributed by atoms with E-state index in [9.17, 15) is 4.79 Å². The number of amides is 2. The van der Waals surface area contributed by atoms with E-state index in [4.69, 9.17) is 4.52 Å². The van der Waals surface area contributed by atoms with E-state index < -0.39 is 0 Å². The van der Waals surface area contributed by atoms with Crippen LogP contribution in [-0.2, 0) is 5.41 Å². The summed E-state index contributed by atoms with van der Waals surface area (Å²) in [4.78, 5) is 18.5. The fourth-order valence-electron chi connectivity index (χ4n) is 2.60. The fraction of sp³-hybridized carbons (Fsp3) is 0.500. The number of urea groups is 1. The lowest BCUT2D eigenvalue weighted by molar-refractivity contribution is 0.189. The Hall–Kier alpha value is -2.37. The summed E-state index contributed by atoms with van der Waals surface area (Å²) in [6.07, 6.45) is 4.31. The van der Waals surface area contributed by atoms with Gasteiger partial charge in [-0.05, 0) is 31.0 Å². The molecule has 0 aromatic carbocycles. The molecule has 0 aliphatic rings. The SMILES string of the molecule is CCC(c1ccncc1)N(CC)C(=O)Nc1cc(C(C)(C)C)on1. The molecule has 2 rings (SSSR count). The molecule has 24 heavy (non-hydrogen) atoms. The highest BCUT2D eigenvalue weighted by Crippen LogP contribution is 2.26. The lowest BCUT2D eigenvalue weighted by Gasteiger charge is -2.30. The normalized spacial score (nSPS) is 12.7. The maximum Gasteiger partial charge on any atom is 0.323 e. The highest BCUT2D eigenvalue weighted by atomic mass is 16.5. The highest BCUT2D eigenvalue weighted by molar-refractivity contribution is 5.88. The predicted molar refractivity (Wildman–Crippen MR) is 93.9 cm³/mol. The number of carbonyl (C=O) groups is 1. The highest BCUT2D eigenvalue weighted by Gasteiger charge is 2.25. The maximum absolute atomic E-state index is 12.7. The van der Waals surface area contributed by atoms with Crippen molar-refractivity contribution in [1.29, 1.82) is 0 Å². The summed E-state index contributed by atoms with van der Waals surface area (Å²) in [5, 5.41) is 6.79. The van der Waals surface area contributed by atoms with Crippen LogP contribution in [0.1, 0.15) is 58.4 Å². The zero-order valence-corrected chi connectivity index (χ0v) is 15.0. The van der Waals surface area contributed by atoms with E-state index in [1.165, 1.54) is 0 Å². The third kappa shape index (κ3) is 4.13. The number of nitrogens with one attached hydrogen (secondary N) is 1. The van der Waals surface area contributed by atoms with Crippen molar-refractivity contribution in [2.24, 2.45) is 0 Å². The van der Waals surface area contributed by atoms with Crippen LogP contribution in [0.4, 0.5) is 10.6 Å². The minimum atomic E-state index is -0.185. The van der Waals surface area contributed by atoms with Gasteiger partial charge in [0, 0.05) is 30.4 Å². The first-order valence-electron chi connectivity index (χ1n) is 8.31. The van der Waals surface area contributed by atoms with E-state index in [0.29, 0.717) is 12.4 Å². The Morgan fingerprint density at radius 3 is 2.46 bits per heavy atom. The number of anilines is 1. The van der Waals surface area contributed by atoms with E-state index in [0.717, 1.165) is 17.7 Å². The van der Waals surface area contributed by atoms with Crippen molar-refractivity contribution in [3.8, 4) is 0 Å². The van der Waals surface area contributed by atoms with Gasteiger partial charge < -0.3 is 9.42 Å². The van der Waals surface area contributed by atoms with Gasteiger partial charge >= 0.3 is 6.03 Å². The first-order chi connectivity index (χ1) is 11.4. The Kier molecular flexibility index (Phi) is 5.59. The molecule has 1 atom stereocenters. The lowest BCUT2D eigenvalue weighted by atomic mass is 9.93. The van der Waals surface area contributed by atoms with E-state index in [-0.39, 0.29) is 17.5 Å². The zero-order chi connectivity index (χ0) is 17.7. The molecule has 0 aliphatic carbocycles. The van der Waals surface area contributed by atoms with Crippen LogP contribution in [0.5, 0.6) is 0 Å². The molecule has 0 saturated carbocycles. The summed E-state index contributed by atoms with van der Waals surface area (Å²) < 4.78 is 5.32. The first kappa shape index (κ1) is 18.0. The summed E-state index contributed by atoms with van der Waals surface area (Å²) in [6, 6.07) is 5.47. The second kappa shape index (κ2) is 7.47. The quantitative estimate of drug-likeness (QED) is 0.883. The molecule has 130 valence electrons. The lowest BCUT2D eigenvalue weighted by Crippen LogP contribution is -2.38. The smallest absolute Gasteiger partial charge is 0.323 e. The molecular weight excluding hydrogens is 304 g/mol. The fourth-order valence-corrected chi connectivity index (χ4v) is 2.60. The van der Waals surface area contributed by atoms with Crippen LogP contribution in [0, 0.1) is 0 Å². The third-order valence-corrected chi connectivity index (χ3v) is 3.94. The van der Waals surface area contributed by atoms with Crippen molar-refractivity contribution in [2.75, 3.05) is 11.9 Å². The van der Waals surface area contributed by atoms with Gasteiger partial charge in [0.05, 0.1) is 6.04 Å². The minimum absolute atomic E-state index is 0.00742. The molecule has 2 aromatic rings. The summed E-state index contributed by atoms with van der Waals surface area (Å²) >= 11 is 0. The second-order valence-corrected chi connectivity index (χ2v) is 6.75. The van der Waals surface area contributed by atoms with Crippen LogP contribution in [0.2, 0.25) is 0 Å². The molecule has 0 radical (unpaired) electrons. The van der Waals surface area contributed by atoms with Gasteiger partial charge in [0.1, 0.15) is 5.76 Å². The van der Waals surface area contributed by atoms with Gasteiger partial charge in [0.2, 0.25) is 0 Å². The summed E-state index contributed by atoms with van der Waals surface area (Å²) in [5.74, 6) is 1.18. The molecule has 0 saturated heterocycles. The van der Waals surface area contributed by atoms with E-state index >= 15 is 0 Å². The largest absolute Gasteiger partial charge is 0.359 e. The van der Waals surface area contributed by atoms with Crippen molar-refractivity contribution < 1.29 is 9.32 Å². The van der Waals surface area contributed by atoms with Crippen LogP contribution in [0.15, 0.2) is 35.1 Å². The van der Waals surface area contributed by atoms with Crippen LogP contribution in [0.25, 0.3) is 0 Å². The molecular formula is C18H26N4O2. The number of rotatable bonds is 5. The van der Waals surface area contributed by atoms with E-state index in [1.807, 2.05) is 39.8 Å². The van der Waals surface area contributed by atoms with Crippen LogP contribution < -0.4 is 5.32 Å². The molecule has 2 aromatic heterocycles. The summed E-state index contributed by atoms with van der Waals surface area (Å²) in [6.45, 7) is 10.7. The van der Waals surface area contributed by atoms with Gasteiger partial charge in [-0.15, -0.1) is 0 Å². The molecule has 1 N–H and O–H groups in total. The molecule has 2 amide bonds. The number of aromatic nitrogens is 2. The standard InChI is InChI=1S/C18H26N4O2/c1-6-14(13-8-10-19-11-9-13)22(7-2)17(23)20-16-12-15(24-21-16)18(3,4)5/h8-12,14H,6-7H2,1-5H3,(H,20,21,23). The molecule has 6 heteroatoms. The first-order valence-corrected chi connectivity index (χ1v) is 8.31. The van der Waals surface area contributed by atoms with Crippen LogP contribution in [0.3, 0.4) is 0 Å². The van der Waals surface area contributed by atoms with Crippen molar-refractivity contribution in [2.45, 2.75) is 52.5 Å². The molecule has 0 aliphatic heterocycles. The number of carbonyl (C=O) groups excluding carboxylic acids is 1. The topological polar surface area (TPSA) is 71.3 Å². The van der Waals surface area contributed by atoms with Gasteiger partial charge in [0.15, 0.2) is 5.82 Å². The van der Waals surface area contributed by atoms with E-state index in [1.54, 1.807) is 23.4 Å². The molecule has 0 bridgehead atoms. The Balaban J connectivity index is 2.15. The molecule has 1 unspecified atom stereocenters. The van der Waals surface area contributed by atoms with Crippen molar-refractivity contribution in [3.63, 3.8) is 0 Å². The van der Waals surface area contributed by atoms with Gasteiger partial charge in [-0.1, -0.05) is 32.9 Å². The average Bonchev–Trinajstić information content (AvgIpc) is 3.01. The molecule has 0 spiro atoms. The van der Waals surface area contributed by atoms with Crippen molar-refractivity contribution in [1.82, 2.24) is 15.0 Å².